The van der Waals surface area contributed by atoms with Crippen molar-refractivity contribution in [2.45, 2.75) is 19.5 Å². The van der Waals surface area contributed by atoms with Crippen molar-refractivity contribution in [2.75, 3.05) is 12.3 Å². The monoisotopic (exact) mass is 398 g/mol. The normalized spacial score (nSPS) is 14.1. The molecule has 0 amide bonds. The zero-order valence-electron chi connectivity index (χ0n) is 16.1. The Kier molecular flexibility index (Phi) is 4.66. The number of anilines is 1. The van der Waals surface area contributed by atoms with Crippen molar-refractivity contribution < 1.29 is 4.79 Å². The molecule has 0 spiro atoms. The number of carbonyl (C=O) groups is 1. The predicted octanol–water partition coefficient (Wildman–Crippen LogP) is 5.27. The summed E-state index contributed by atoms with van der Waals surface area (Å²) in [6, 6.07) is 24.5. The van der Waals surface area contributed by atoms with Gasteiger partial charge in [0.15, 0.2) is 5.78 Å². The summed E-state index contributed by atoms with van der Waals surface area (Å²) < 4.78 is 0. The molecule has 1 aliphatic heterocycles. The fourth-order valence-electron chi connectivity index (χ4n) is 4.18. The van der Waals surface area contributed by atoms with Gasteiger partial charge in [0.25, 0.3) is 0 Å². The lowest BCUT2D eigenvalue weighted by molar-refractivity contribution is 0.103. The molecule has 3 aromatic carbocycles. The van der Waals surface area contributed by atoms with E-state index in [-0.39, 0.29) is 5.78 Å². The van der Waals surface area contributed by atoms with Crippen LogP contribution in [0, 0.1) is 0 Å². The maximum atomic E-state index is 13.3. The predicted molar refractivity (Wildman–Crippen MR) is 120 cm³/mol. The second-order valence-electron chi connectivity index (χ2n) is 7.58. The van der Waals surface area contributed by atoms with Crippen molar-refractivity contribution in [3.05, 3.63) is 99.9 Å². The number of nitrogen functional groups attached to an aromatic ring is 1. The molecule has 5 rings (SSSR count). The number of hydrogen-bond acceptors (Lipinski definition) is 4. The molecule has 4 aromatic rings. The molecule has 2 heterocycles. The van der Waals surface area contributed by atoms with Gasteiger partial charge in [-0.25, -0.2) is 0 Å². The lowest BCUT2D eigenvalue weighted by Crippen LogP contribution is -2.29. The lowest BCUT2D eigenvalue weighted by Gasteiger charge is -2.27. The van der Waals surface area contributed by atoms with Gasteiger partial charge in [-0.3, -0.25) is 9.69 Å². The van der Waals surface area contributed by atoms with E-state index in [1.165, 1.54) is 10.4 Å². The fraction of sp³-hybridized carbons (Fsp3) is 0.160. The standard InChI is InChI=1S/C25H22N2OS/c26-25-23(24(28)20-11-10-18-8-4-5-9-19(18)14-20)21-12-13-27(16-22(21)29-25)15-17-6-2-1-3-7-17/h1-11,14H,12-13,15-16,26H2. The number of nitrogens with two attached hydrogens (primary N) is 1. The number of nitrogens with zero attached hydrogens (tertiary/aromatic N) is 1. The Hall–Kier alpha value is -2.95. The van der Waals surface area contributed by atoms with Crippen molar-refractivity contribution in [3.8, 4) is 0 Å². The molecule has 4 heteroatoms. The summed E-state index contributed by atoms with van der Waals surface area (Å²) in [7, 11) is 0. The second-order valence-corrected chi connectivity index (χ2v) is 8.72. The second kappa shape index (κ2) is 7.47. The smallest absolute Gasteiger partial charge is 0.196 e. The third-order valence-electron chi connectivity index (χ3n) is 5.65. The summed E-state index contributed by atoms with van der Waals surface area (Å²) in [6.07, 6.45) is 0.866. The van der Waals surface area contributed by atoms with Gasteiger partial charge in [-0.05, 0) is 34.4 Å². The van der Waals surface area contributed by atoms with Gasteiger partial charge in [-0.2, -0.15) is 0 Å². The molecule has 0 aliphatic carbocycles. The van der Waals surface area contributed by atoms with E-state index in [1.54, 1.807) is 11.3 Å². The molecule has 0 fully saturated rings. The highest BCUT2D eigenvalue weighted by Gasteiger charge is 2.27. The van der Waals surface area contributed by atoms with Gasteiger partial charge >= 0.3 is 0 Å². The molecule has 0 radical (unpaired) electrons. The largest absolute Gasteiger partial charge is 0.390 e. The van der Waals surface area contributed by atoms with E-state index in [4.69, 9.17) is 5.73 Å². The van der Waals surface area contributed by atoms with Gasteiger partial charge in [0.2, 0.25) is 0 Å². The van der Waals surface area contributed by atoms with Crippen LogP contribution in [0.25, 0.3) is 10.8 Å². The third-order valence-corrected chi connectivity index (χ3v) is 6.70. The van der Waals surface area contributed by atoms with Crippen LogP contribution < -0.4 is 5.73 Å². The Morgan fingerprint density at radius 2 is 1.72 bits per heavy atom. The third kappa shape index (κ3) is 3.46. The molecule has 0 unspecified atom stereocenters. The molecular weight excluding hydrogens is 376 g/mol. The number of carbonyl (C=O) groups excluding carboxylic acids is 1. The summed E-state index contributed by atoms with van der Waals surface area (Å²) in [5.74, 6) is 0.0438. The van der Waals surface area contributed by atoms with Crippen LogP contribution in [0.3, 0.4) is 0 Å². The van der Waals surface area contributed by atoms with Gasteiger partial charge in [0.1, 0.15) is 0 Å². The van der Waals surface area contributed by atoms with Crippen molar-refractivity contribution in [1.29, 1.82) is 0 Å². The topological polar surface area (TPSA) is 46.3 Å². The van der Waals surface area contributed by atoms with Crippen LogP contribution in [0.2, 0.25) is 0 Å². The van der Waals surface area contributed by atoms with Crippen LogP contribution >= 0.6 is 11.3 Å². The first-order chi connectivity index (χ1) is 14.2. The minimum Gasteiger partial charge on any atom is -0.390 e. The zero-order valence-corrected chi connectivity index (χ0v) is 16.9. The molecule has 3 nitrogen and oxygen atoms in total. The molecule has 0 saturated heterocycles. The first-order valence-corrected chi connectivity index (χ1v) is 10.7. The van der Waals surface area contributed by atoms with Crippen molar-refractivity contribution >= 4 is 32.9 Å². The van der Waals surface area contributed by atoms with Crippen LogP contribution in [-0.4, -0.2) is 17.2 Å². The number of fused-ring (bicyclic) bond motifs is 2. The molecule has 0 atom stereocenters. The number of hydrogen-bond donors (Lipinski definition) is 1. The fourth-order valence-corrected chi connectivity index (χ4v) is 5.34. The quantitative estimate of drug-likeness (QED) is 0.476. The van der Waals surface area contributed by atoms with Crippen molar-refractivity contribution in [3.63, 3.8) is 0 Å². The van der Waals surface area contributed by atoms with Crippen LogP contribution in [0.1, 0.15) is 31.9 Å². The van der Waals surface area contributed by atoms with Gasteiger partial charge < -0.3 is 5.73 Å². The van der Waals surface area contributed by atoms with E-state index in [0.29, 0.717) is 10.6 Å². The average molecular weight is 399 g/mol. The Bertz CT molecular complexity index is 1200. The maximum Gasteiger partial charge on any atom is 0.196 e. The molecule has 0 bridgehead atoms. The first-order valence-electron chi connectivity index (χ1n) is 9.89. The zero-order chi connectivity index (χ0) is 19.8. The maximum absolute atomic E-state index is 13.3. The Morgan fingerprint density at radius 1 is 0.966 bits per heavy atom. The SMILES string of the molecule is Nc1sc2c(c1C(=O)c1ccc3ccccc3c1)CCN(Cc1ccccc1)C2. The highest BCUT2D eigenvalue weighted by molar-refractivity contribution is 7.16. The molecule has 1 aliphatic rings. The molecular formula is C25H22N2OS. The minimum absolute atomic E-state index is 0.0438. The van der Waals surface area contributed by atoms with Crippen LogP contribution in [0.15, 0.2) is 72.8 Å². The highest BCUT2D eigenvalue weighted by atomic mass is 32.1. The van der Waals surface area contributed by atoms with E-state index in [9.17, 15) is 4.79 Å². The number of thiophene rings is 1. The highest BCUT2D eigenvalue weighted by Crippen LogP contribution is 2.37. The lowest BCUT2D eigenvalue weighted by atomic mass is 9.95. The molecule has 0 saturated carbocycles. The van der Waals surface area contributed by atoms with E-state index < -0.39 is 0 Å². The van der Waals surface area contributed by atoms with Crippen LogP contribution in [-0.2, 0) is 19.5 Å². The van der Waals surface area contributed by atoms with Gasteiger partial charge in [0, 0.05) is 30.1 Å². The minimum atomic E-state index is 0.0438. The average Bonchev–Trinajstić information content (AvgIpc) is 3.08. The van der Waals surface area contributed by atoms with Crippen LogP contribution in [0.4, 0.5) is 5.00 Å². The number of ketones is 1. The number of rotatable bonds is 4. The summed E-state index contributed by atoms with van der Waals surface area (Å²) >= 11 is 1.57. The first kappa shape index (κ1) is 18.1. The van der Waals surface area contributed by atoms with Gasteiger partial charge in [-0.1, -0.05) is 66.7 Å². The molecule has 2 N–H and O–H groups in total. The molecule has 29 heavy (non-hydrogen) atoms. The Balaban J connectivity index is 1.43. The van der Waals surface area contributed by atoms with Gasteiger partial charge in [-0.15, -0.1) is 11.3 Å². The van der Waals surface area contributed by atoms with Gasteiger partial charge in [0.05, 0.1) is 10.6 Å². The summed E-state index contributed by atoms with van der Waals surface area (Å²) in [5.41, 5.74) is 10.2. The van der Waals surface area contributed by atoms with E-state index in [2.05, 4.69) is 35.2 Å². The summed E-state index contributed by atoms with van der Waals surface area (Å²) in [5, 5.41) is 2.87. The summed E-state index contributed by atoms with van der Waals surface area (Å²) in [4.78, 5) is 17.0. The Labute approximate surface area is 174 Å². The van der Waals surface area contributed by atoms with Crippen LogP contribution in [0.5, 0.6) is 0 Å². The van der Waals surface area contributed by atoms with E-state index >= 15 is 0 Å². The van der Waals surface area contributed by atoms with E-state index in [1.807, 2.05) is 42.5 Å². The van der Waals surface area contributed by atoms with E-state index in [0.717, 1.165) is 48.0 Å². The summed E-state index contributed by atoms with van der Waals surface area (Å²) in [6.45, 7) is 2.71. The van der Waals surface area contributed by atoms with Crippen molar-refractivity contribution in [1.82, 2.24) is 4.90 Å². The molecule has 144 valence electrons. The Morgan fingerprint density at radius 3 is 2.55 bits per heavy atom. The van der Waals surface area contributed by atoms with Crippen molar-refractivity contribution in [2.24, 2.45) is 0 Å². The molecule has 1 aromatic heterocycles. The number of benzene rings is 3.